The second kappa shape index (κ2) is 11.5. The van der Waals surface area contributed by atoms with Gasteiger partial charge in [0.1, 0.15) is 23.7 Å². The van der Waals surface area contributed by atoms with Gasteiger partial charge in [-0.2, -0.15) is 0 Å². The molecule has 0 aliphatic heterocycles. The van der Waals surface area contributed by atoms with Gasteiger partial charge in [-0.05, 0) is 37.3 Å². The van der Waals surface area contributed by atoms with Gasteiger partial charge in [0.15, 0.2) is 0 Å². The van der Waals surface area contributed by atoms with Crippen molar-refractivity contribution in [2.24, 2.45) is 0 Å². The largest absolute Gasteiger partial charge is 0.492 e. The maximum absolute atomic E-state index is 11.3. The molecule has 2 aromatic carbocycles. The standard InChI is InChI=1S/C18H19NO5.C2H6O/c1-12-3-6-15(7-4-12)23-10-9-19-14-5-8-17(24-13(2)20)16(11-14)18(21)22;1-3-2/h3-8,11,19H,9-10H2,1-2H3,(H,21,22);1-2H3. The Morgan fingerprint density at radius 2 is 1.70 bits per heavy atom. The number of benzene rings is 2. The first-order chi connectivity index (χ1) is 12.9. The van der Waals surface area contributed by atoms with Crippen molar-refractivity contribution in [1.82, 2.24) is 0 Å². The lowest BCUT2D eigenvalue weighted by Gasteiger charge is -2.11. The molecule has 0 atom stereocenters. The number of nitrogens with one attached hydrogen (secondary N) is 1. The van der Waals surface area contributed by atoms with Crippen molar-refractivity contribution < 1.29 is 28.9 Å². The van der Waals surface area contributed by atoms with Crippen molar-refractivity contribution in [3.8, 4) is 11.5 Å². The summed E-state index contributed by atoms with van der Waals surface area (Å²) >= 11 is 0. The smallest absolute Gasteiger partial charge is 0.339 e. The van der Waals surface area contributed by atoms with Crippen LogP contribution in [-0.2, 0) is 9.53 Å². The molecule has 2 aromatic rings. The fraction of sp³-hybridized carbons (Fsp3) is 0.300. The zero-order valence-electron chi connectivity index (χ0n) is 15.9. The Morgan fingerprint density at radius 3 is 2.26 bits per heavy atom. The molecule has 0 amide bonds. The Morgan fingerprint density at radius 1 is 1.07 bits per heavy atom. The third kappa shape index (κ3) is 8.24. The molecule has 0 fully saturated rings. The number of hydrogen-bond acceptors (Lipinski definition) is 6. The molecular formula is C20H25NO6. The van der Waals surface area contributed by atoms with Gasteiger partial charge in [-0.1, -0.05) is 17.7 Å². The summed E-state index contributed by atoms with van der Waals surface area (Å²) in [6.45, 7) is 4.15. The van der Waals surface area contributed by atoms with Crippen molar-refractivity contribution >= 4 is 17.6 Å². The van der Waals surface area contributed by atoms with E-state index in [1.165, 1.54) is 19.1 Å². The van der Waals surface area contributed by atoms with E-state index in [2.05, 4.69) is 10.1 Å². The number of ether oxygens (including phenoxy) is 3. The van der Waals surface area contributed by atoms with Gasteiger partial charge in [-0.3, -0.25) is 4.79 Å². The third-order valence-electron chi connectivity index (χ3n) is 3.18. The number of carbonyl (C=O) groups is 2. The molecule has 7 heteroatoms. The van der Waals surface area contributed by atoms with Gasteiger partial charge < -0.3 is 24.6 Å². The van der Waals surface area contributed by atoms with Crippen LogP contribution in [0.25, 0.3) is 0 Å². The quantitative estimate of drug-likeness (QED) is 0.435. The van der Waals surface area contributed by atoms with Crippen LogP contribution in [0.2, 0.25) is 0 Å². The molecule has 0 radical (unpaired) electrons. The van der Waals surface area contributed by atoms with Crippen LogP contribution in [0.5, 0.6) is 11.5 Å². The molecule has 0 aliphatic carbocycles. The number of esters is 1. The lowest BCUT2D eigenvalue weighted by molar-refractivity contribution is -0.131. The molecule has 0 spiro atoms. The van der Waals surface area contributed by atoms with Crippen LogP contribution in [0.15, 0.2) is 42.5 Å². The Bertz CT molecular complexity index is 743. The first-order valence-corrected chi connectivity index (χ1v) is 8.26. The summed E-state index contributed by atoms with van der Waals surface area (Å²) in [5.41, 5.74) is 1.69. The average molecular weight is 375 g/mol. The highest BCUT2D eigenvalue weighted by Crippen LogP contribution is 2.23. The highest BCUT2D eigenvalue weighted by molar-refractivity contribution is 5.93. The molecule has 0 unspecified atom stereocenters. The van der Waals surface area contributed by atoms with E-state index in [1.807, 2.05) is 31.2 Å². The van der Waals surface area contributed by atoms with Gasteiger partial charge in [-0.15, -0.1) is 0 Å². The summed E-state index contributed by atoms with van der Waals surface area (Å²) in [4.78, 5) is 22.2. The van der Waals surface area contributed by atoms with Crippen molar-refractivity contribution in [2.75, 3.05) is 32.7 Å². The number of carboxylic acids is 1. The molecular weight excluding hydrogens is 350 g/mol. The van der Waals surface area contributed by atoms with Crippen molar-refractivity contribution in [2.45, 2.75) is 13.8 Å². The van der Waals surface area contributed by atoms with Crippen LogP contribution < -0.4 is 14.8 Å². The topological polar surface area (TPSA) is 94.1 Å². The number of rotatable bonds is 7. The Labute approximate surface area is 158 Å². The first kappa shape index (κ1) is 22.0. The molecule has 0 aliphatic rings. The number of hydrogen-bond donors (Lipinski definition) is 2. The molecule has 27 heavy (non-hydrogen) atoms. The number of aromatic carboxylic acids is 1. The molecule has 2 rings (SSSR count). The van der Waals surface area contributed by atoms with Crippen LogP contribution in [-0.4, -0.2) is 44.4 Å². The monoisotopic (exact) mass is 375 g/mol. The predicted molar refractivity (Wildman–Crippen MR) is 103 cm³/mol. The van der Waals surface area contributed by atoms with Crippen LogP contribution in [0.1, 0.15) is 22.8 Å². The second-order valence-corrected chi connectivity index (χ2v) is 5.61. The number of methoxy groups -OCH3 is 1. The zero-order valence-corrected chi connectivity index (χ0v) is 15.9. The lowest BCUT2D eigenvalue weighted by Crippen LogP contribution is -2.13. The number of carboxylic acid groups (broad SMARTS) is 1. The van der Waals surface area contributed by atoms with E-state index in [0.717, 1.165) is 11.3 Å². The fourth-order valence-corrected chi connectivity index (χ4v) is 2.05. The maximum atomic E-state index is 11.3. The summed E-state index contributed by atoms with van der Waals surface area (Å²) in [6.07, 6.45) is 0. The van der Waals surface area contributed by atoms with E-state index in [1.54, 1.807) is 20.3 Å². The average Bonchev–Trinajstić information content (AvgIpc) is 2.61. The first-order valence-electron chi connectivity index (χ1n) is 8.26. The maximum Gasteiger partial charge on any atom is 0.339 e. The second-order valence-electron chi connectivity index (χ2n) is 5.61. The zero-order chi connectivity index (χ0) is 20.2. The number of anilines is 1. The van der Waals surface area contributed by atoms with E-state index < -0.39 is 11.9 Å². The molecule has 0 saturated heterocycles. The molecule has 0 heterocycles. The summed E-state index contributed by atoms with van der Waals surface area (Å²) in [5.74, 6) is -0.925. The molecule has 7 nitrogen and oxygen atoms in total. The molecule has 0 saturated carbocycles. The van der Waals surface area contributed by atoms with Crippen molar-refractivity contribution in [3.05, 3.63) is 53.6 Å². The van der Waals surface area contributed by atoms with Gasteiger partial charge in [0.25, 0.3) is 0 Å². The van der Waals surface area contributed by atoms with E-state index in [4.69, 9.17) is 9.47 Å². The van der Waals surface area contributed by atoms with Gasteiger partial charge >= 0.3 is 11.9 Å². The van der Waals surface area contributed by atoms with Gasteiger partial charge in [0.05, 0.1) is 0 Å². The highest BCUT2D eigenvalue weighted by atomic mass is 16.5. The van der Waals surface area contributed by atoms with E-state index in [9.17, 15) is 14.7 Å². The van der Waals surface area contributed by atoms with Gasteiger partial charge in [-0.25, -0.2) is 4.79 Å². The predicted octanol–water partition coefficient (Wildman–Crippen LogP) is 3.37. The third-order valence-corrected chi connectivity index (χ3v) is 3.18. The Hall–Kier alpha value is -3.06. The molecule has 2 N–H and O–H groups in total. The van der Waals surface area contributed by atoms with E-state index >= 15 is 0 Å². The lowest BCUT2D eigenvalue weighted by atomic mass is 10.1. The van der Waals surface area contributed by atoms with Gasteiger partial charge in [0, 0.05) is 33.4 Å². The van der Waals surface area contributed by atoms with Crippen molar-refractivity contribution in [1.29, 1.82) is 0 Å². The normalized spacial score (nSPS) is 9.63. The molecule has 0 bridgehead atoms. The highest BCUT2D eigenvalue weighted by Gasteiger charge is 2.13. The summed E-state index contributed by atoms with van der Waals surface area (Å²) < 4.78 is 14.7. The van der Waals surface area contributed by atoms with Crippen molar-refractivity contribution in [3.63, 3.8) is 0 Å². The summed E-state index contributed by atoms with van der Waals surface area (Å²) in [7, 11) is 3.25. The Balaban J connectivity index is 0.00000114. The fourth-order valence-electron chi connectivity index (χ4n) is 2.05. The Kier molecular flexibility index (Phi) is 9.39. The van der Waals surface area contributed by atoms with E-state index in [0.29, 0.717) is 18.8 Å². The summed E-state index contributed by atoms with van der Waals surface area (Å²) in [6, 6.07) is 12.2. The van der Waals surface area contributed by atoms with E-state index in [-0.39, 0.29) is 11.3 Å². The number of carbonyl (C=O) groups excluding carboxylic acids is 1. The minimum atomic E-state index is -1.16. The number of aryl methyl sites for hydroxylation is 1. The van der Waals surface area contributed by atoms with Crippen LogP contribution in [0.4, 0.5) is 5.69 Å². The summed E-state index contributed by atoms with van der Waals surface area (Å²) in [5, 5.41) is 12.3. The van der Waals surface area contributed by atoms with Crippen LogP contribution in [0.3, 0.4) is 0 Å². The van der Waals surface area contributed by atoms with Crippen LogP contribution in [0, 0.1) is 6.92 Å². The minimum absolute atomic E-state index is 0.0245. The molecule has 146 valence electrons. The SMILES string of the molecule is CC(=O)Oc1ccc(NCCOc2ccc(C)cc2)cc1C(=O)O.COC. The van der Waals surface area contributed by atoms with Crippen LogP contribution >= 0.6 is 0 Å². The minimum Gasteiger partial charge on any atom is -0.492 e. The molecule has 0 aromatic heterocycles. The van der Waals surface area contributed by atoms with Gasteiger partial charge in [0.2, 0.25) is 0 Å².